The zero-order valence-electron chi connectivity index (χ0n) is 23.8. The number of anilines is 1. The summed E-state index contributed by atoms with van der Waals surface area (Å²) in [5.74, 6) is 0. The van der Waals surface area contributed by atoms with Gasteiger partial charge in [-0.05, 0) is 106 Å². The van der Waals surface area contributed by atoms with Crippen molar-refractivity contribution in [2.45, 2.75) is 0 Å². The number of hydrogen-bond acceptors (Lipinski definition) is 4. The van der Waals surface area contributed by atoms with E-state index in [0.29, 0.717) is 5.56 Å². The predicted octanol–water partition coefficient (Wildman–Crippen LogP) is 11.4. The second-order valence-electron chi connectivity index (χ2n) is 11.2. The fourth-order valence-corrected chi connectivity index (χ4v) is 8.21. The molecule has 2 aromatic heterocycles. The molecule has 0 spiro atoms. The Balaban J connectivity index is 1.37. The highest BCUT2D eigenvalue weighted by Crippen LogP contribution is 2.41. The van der Waals surface area contributed by atoms with Crippen molar-refractivity contribution in [2.24, 2.45) is 0 Å². The Hall–Kier alpha value is -4.95. The first kappa shape index (κ1) is 25.7. The summed E-state index contributed by atoms with van der Waals surface area (Å²) in [5, 5.41) is 15.0. The first-order valence-electron chi connectivity index (χ1n) is 14.3. The van der Waals surface area contributed by atoms with E-state index in [1.807, 2.05) is 48.9 Å². The van der Waals surface area contributed by atoms with Gasteiger partial charge in [-0.15, -0.1) is 22.7 Å². The van der Waals surface area contributed by atoms with Crippen molar-refractivity contribution in [3.8, 4) is 39.4 Å². The second-order valence-corrected chi connectivity index (χ2v) is 13.4. The Labute approximate surface area is 258 Å². The Morgan fingerprint density at radius 3 is 1.44 bits per heavy atom. The van der Waals surface area contributed by atoms with Gasteiger partial charge in [0.2, 0.25) is 0 Å². The Morgan fingerprint density at radius 1 is 0.465 bits per heavy atom. The summed E-state index contributed by atoms with van der Waals surface area (Å²) in [6, 6.07) is 46.3. The molecule has 6 aromatic carbocycles. The van der Waals surface area contributed by atoms with E-state index in [0.717, 1.165) is 27.9 Å². The molecule has 0 aliphatic heterocycles. The average molecular weight is 587 g/mol. The van der Waals surface area contributed by atoms with Gasteiger partial charge in [-0.1, -0.05) is 48.5 Å². The maximum absolute atomic E-state index is 9.85. The monoisotopic (exact) mass is 586 g/mol. The Kier molecular flexibility index (Phi) is 6.04. The molecular formula is C39H26N2S2. The number of thiophene rings is 2. The van der Waals surface area contributed by atoms with E-state index in [9.17, 15) is 5.26 Å². The molecule has 0 atom stereocenters. The minimum absolute atomic E-state index is 0.658. The fraction of sp³-hybridized carbons (Fsp3) is 0.0513. The predicted molar refractivity (Wildman–Crippen MR) is 188 cm³/mol. The van der Waals surface area contributed by atoms with Crippen LogP contribution in [0.3, 0.4) is 0 Å². The van der Waals surface area contributed by atoms with Crippen LogP contribution in [0.2, 0.25) is 0 Å². The van der Waals surface area contributed by atoms with E-state index in [4.69, 9.17) is 0 Å². The molecule has 204 valence electrons. The van der Waals surface area contributed by atoms with Crippen LogP contribution in [0.25, 0.3) is 73.7 Å². The molecule has 0 bridgehead atoms. The van der Waals surface area contributed by atoms with Gasteiger partial charge in [0.15, 0.2) is 0 Å². The van der Waals surface area contributed by atoms with E-state index in [-0.39, 0.29) is 0 Å². The van der Waals surface area contributed by atoms with Crippen LogP contribution in [-0.2, 0) is 0 Å². The van der Waals surface area contributed by atoms with Gasteiger partial charge >= 0.3 is 0 Å². The molecule has 0 radical (unpaired) electrons. The van der Waals surface area contributed by atoms with Gasteiger partial charge in [-0.2, -0.15) is 5.26 Å². The summed E-state index contributed by atoms with van der Waals surface area (Å²) in [5.41, 5.74) is 8.50. The lowest BCUT2D eigenvalue weighted by molar-refractivity contribution is 1.13. The highest BCUT2D eigenvalue weighted by molar-refractivity contribution is 7.26. The molecule has 43 heavy (non-hydrogen) atoms. The zero-order chi connectivity index (χ0) is 29.1. The van der Waals surface area contributed by atoms with E-state index in [1.54, 1.807) is 0 Å². The van der Waals surface area contributed by atoms with Crippen molar-refractivity contribution in [1.82, 2.24) is 0 Å². The van der Waals surface area contributed by atoms with Crippen LogP contribution in [0.1, 0.15) is 5.56 Å². The molecule has 2 nitrogen and oxygen atoms in total. The summed E-state index contributed by atoms with van der Waals surface area (Å²) in [7, 11) is 4.03. The molecule has 0 amide bonds. The van der Waals surface area contributed by atoms with Gasteiger partial charge in [0.25, 0.3) is 0 Å². The lowest BCUT2D eigenvalue weighted by Crippen LogP contribution is -2.08. The molecule has 0 N–H and O–H groups in total. The molecule has 0 aliphatic carbocycles. The molecule has 0 saturated heterocycles. The SMILES string of the molecule is CN(C)c1cc(C#N)cc(-c2cc(-c3ccc4sc5ccccc5c4c3)cc(-c3ccc4sc5ccccc5c4c3)c2)c1. The molecule has 0 unspecified atom stereocenters. The van der Waals surface area contributed by atoms with Crippen LogP contribution < -0.4 is 4.90 Å². The minimum atomic E-state index is 0.658. The van der Waals surface area contributed by atoms with Crippen molar-refractivity contribution in [3.05, 3.63) is 127 Å². The molecular weight excluding hydrogens is 561 g/mol. The first-order valence-corrected chi connectivity index (χ1v) is 15.9. The number of nitrogens with zero attached hydrogens (tertiary/aromatic N) is 2. The molecule has 2 heterocycles. The van der Waals surface area contributed by atoms with E-state index in [1.165, 1.54) is 51.5 Å². The van der Waals surface area contributed by atoms with Gasteiger partial charge in [0, 0.05) is 60.1 Å². The first-order chi connectivity index (χ1) is 21.0. The number of hydrogen-bond donors (Lipinski definition) is 0. The highest BCUT2D eigenvalue weighted by Gasteiger charge is 2.13. The third-order valence-electron chi connectivity index (χ3n) is 8.25. The van der Waals surface area contributed by atoms with Crippen LogP contribution in [0, 0.1) is 11.3 Å². The lowest BCUT2D eigenvalue weighted by atomic mass is 9.91. The third-order valence-corrected chi connectivity index (χ3v) is 10.6. The quantitative estimate of drug-likeness (QED) is 0.205. The third kappa shape index (κ3) is 4.46. The number of nitriles is 1. The van der Waals surface area contributed by atoms with E-state index >= 15 is 0 Å². The largest absolute Gasteiger partial charge is 0.378 e. The minimum Gasteiger partial charge on any atom is -0.378 e. The zero-order valence-corrected chi connectivity index (χ0v) is 25.4. The van der Waals surface area contributed by atoms with Crippen molar-refractivity contribution < 1.29 is 0 Å². The molecule has 4 heteroatoms. The summed E-state index contributed by atoms with van der Waals surface area (Å²) >= 11 is 3.68. The van der Waals surface area contributed by atoms with E-state index < -0.39 is 0 Å². The van der Waals surface area contributed by atoms with Gasteiger partial charge in [-0.25, -0.2) is 0 Å². The van der Waals surface area contributed by atoms with Gasteiger partial charge < -0.3 is 4.90 Å². The topological polar surface area (TPSA) is 27.0 Å². The fourth-order valence-electron chi connectivity index (χ4n) is 6.04. The van der Waals surface area contributed by atoms with Crippen LogP contribution >= 0.6 is 22.7 Å². The number of benzene rings is 6. The molecule has 0 fully saturated rings. The standard InChI is InChI=1S/C39H26N2S2/c1-41(2)31-16-24(23-40)15-27(20-31)30-18-28(25-11-13-38-34(21-25)32-7-3-5-9-36(32)42-38)17-29(19-30)26-12-14-39-35(22-26)33-8-4-6-10-37(33)43-39/h3-22H,1-2H3. The summed E-state index contributed by atoms with van der Waals surface area (Å²) in [4.78, 5) is 2.06. The summed E-state index contributed by atoms with van der Waals surface area (Å²) in [6.45, 7) is 0. The normalized spacial score (nSPS) is 11.5. The van der Waals surface area contributed by atoms with Crippen LogP contribution in [-0.4, -0.2) is 14.1 Å². The van der Waals surface area contributed by atoms with Crippen molar-refractivity contribution in [3.63, 3.8) is 0 Å². The lowest BCUT2D eigenvalue weighted by Gasteiger charge is -2.16. The van der Waals surface area contributed by atoms with Crippen LogP contribution in [0.4, 0.5) is 5.69 Å². The summed E-state index contributed by atoms with van der Waals surface area (Å²) < 4.78 is 5.22. The molecule has 0 saturated carbocycles. The van der Waals surface area contributed by atoms with E-state index in [2.05, 4.69) is 120 Å². The highest BCUT2D eigenvalue weighted by atomic mass is 32.1. The maximum atomic E-state index is 9.85. The molecule has 0 aliphatic rings. The van der Waals surface area contributed by atoms with Gasteiger partial charge in [0.05, 0.1) is 11.6 Å². The smallest absolute Gasteiger partial charge is 0.0992 e. The number of rotatable bonds is 4. The van der Waals surface area contributed by atoms with Gasteiger partial charge in [0.1, 0.15) is 0 Å². The average Bonchev–Trinajstić information content (AvgIpc) is 3.61. The van der Waals surface area contributed by atoms with Crippen LogP contribution in [0.15, 0.2) is 121 Å². The van der Waals surface area contributed by atoms with Crippen molar-refractivity contribution in [1.29, 1.82) is 5.26 Å². The van der Waals surface area contributed by atoms with Crippen molar-refractivity contribution >= 4 is 68.7 Å². The maximum Gasteiger partial charge on any atom is 0.0992 e. The molecule has 8 aromatic rings. The van der Waals surface area contributed by atoms with Crippen molar-refractivity contribution in [2.75, 3.05) is 19.0 Å². The Morgan fingerprint density at radius 2 is 0.930 bits per heavy atom. The number of fused-ring (bicyclic) bond motifs is 6. The summed E-state index contributed by atoms with van der Waals surface area (Å²) in [6.07, 6.45) is 0. The van der Waals surface area contributed by atoms with Crippen LogP contribution in [0.5, 0.6) is 0 Å². The molecule has 8 rings (SSSR count). The Bertz CT molecular complexity index is 2270. The van der Waals surface area contributed by atoms with Gasteiger partial charge in [-0.3, -0.25) is 0 Å². The second kappa shape index (κ2) is 10.1.